The number of nitrogens with zero attached hydrogens (tertiary/aromatic N) is 4. The van der Waals surface area contributed by atoms with E-state index in [2.05, 4.69) is 20.3 Å². The number of pyridine rings is 1. The number of benzene rings is 2. The number of nitrogens with one attached hydrogen (secondary N) is 1. The van der Waals surface area contributed by atoms with Gasteiger partial charge in [0.1, 0.15) is 11.3 Å². The summed E-state index contributed by atoms with van der Waals surface area (Å²) < 4.78 is 18.9. The van der Waals surface area contributed by atoms with Crippen LogP contribution in [-0.2, 0) is 13.0 Å². The predicted molar refractivity (Wildman–Crippen MR) is 181 cm³/mol. The molecule has 0 aliphatic carbocycles. The second kappa shape index (κ2) is 14.0. The molecule has 10 nitrogen and oxygen atoms in total. The van der Waals surface area contributed by atoms with Crippen molar-refractivity contribution in [3.8, 4) is 28.4 Å². The highest BCUT2D eigenvalue weighted by atomic mass is 32.2. The van der Waals surface area contributed by atoms with E-state index in [0.717, 1.165) is 53.3 Å². The molecular weight excluding hydrogens is 602 g/mol. The summed E-state index contributed by atoms with van der Waals surface area (Å²) >= 11 is 1.97. The minimum absolute atomic E-state index is 0.0424. The fraction of sp³-hybridized carbons (Fsp3) is 0.286. The number of amides is 1. The van der Waals surface area contributed by atoms with Gasteiger partial charge < -0.3 is 18.8 Å². The summed E-state index contributed by atoms with van der Waals surface area (Å²) in [7, 11) is 3.17. The van der Waals surface area contributed by atoms with Gasteiger partial charge in [0.05, 0.1) is 32.3 Å². The Labute approximate surface area is 271 Å². The van der Waals surface area contributed by atoms with E-state index >= 15 is 0 Å². The fourth-order valence-corrected chi connectivity index (χ4v) is 6.71. The van der Waals surface area contributed by atoms with Gasteiger partial charge in [-0.2, -0.15) is 11.8 Å². The minimum atomic E-state index is -0.566. The molecule has 46 heavy (non-hydrogen) atoms. The number of carbonyl (C=O) groups is 1. The van der Waals surface area contributed by atoms with Crippen molar-refractivity contribution in [3.63, 3.8) is 0 Å². The summed E-state index contributed by atoms with van der Waals surface area (Å²) in [5.74, 6) is 4.45. The largest absolute Gasteiger partial charge is 0.493 e. The Morgan fingerprint density at radius 2 is 1.74 bits per heavy atom. The number of ether oxygens (including phenoxy) is 3. The van der Waals surface area contributed by atoms with E-state index in [1.807, 2.05) is 65.8 Å². The van der Waals surface area contributed by atoms with Crippen LogP contribution in [0.4, 0.5) is 11.6 Å². The maximum Gasteiger partial charge on any atom is 0.263 e. The van der Waals surface area contributed by atoms with E-state index in [1.165, 1.54) is 12.4 Å². The van der Waals surface area contributed by atoms with Crippen LogP contribution in [0, 0.1) is 12.8 Å². The van der Waals surface area contributed by atoms with Crippen LogP contribution in [0.1, 0.15) is 34.3 Å². The van der Waals surface area contributed by atoms with Crippen molar-refractivity contribution in [2.24, 2.45) is 10.9 Å². The molecule has 2 aromatic carbocycles. The average Bonchev–Trinajstić information content (AvgIpc) is 3.27. The molecule has 2 aromatic heterocycles. The maximum atomic E-state index is 13.6. The molecule has 0 atom stereocenters. The molecule has 2 aliphatic heterocycles. The van der Waals surface area contributed by atoms with Gasteiger partial charge in [-0.15, -0.1) is 0 Å². The van der Waals surface area contributed by atoms with Crippen LogP contribution in [0.3, 0.4) is 0 Å². The molecule has 0 saturated carbocycles. The fourth-order valence-electron chi connectivity index (χ4n) is 5.51. The zero-order valence-corrected chi connectivity index (χ0v) is 26.8. The lowest BCUT2D eigenvalue weighted by Gasteiger charge is -2.23. The monoisotopic (exact) mass is 637 g/mol. The Bertz CT molecular complexity index is 1850. The van der Waals surface area contributed by atoms with Crippen molar-refractivity contribution in [1.82, 2.24) is 14.5 Å². The van der Waals surface area contributed by atoms with Crippen molar-refractivity contribution in [1.29, 1.82) is 0 Å². The molecule has 0 unspecified atom stereocenters. The van der Waals surface area contributed by atoms with Gasteiger partial charge in [0, 0.05) is 43.2 Å². The van der Waals surface area contributed by atoms with E-state index in [0.29, 0.717) is 40.9 Å². The van der Waals surface area contributed by atoms with Crippen LogP contribution in [0.15, 0.2) is 82.8 Å². The molecule has 11 heteroatoms. The van der Waals surface area contributed by atoms with Gasteiger partial charge in [-0.05, 0) is 60.5 Å². The molecule has 0 bridgehead atoms. The van der Waals surface area contributed by atoms with Crippen LogP contribution in [-0.4, -0.2) is 52.4 Å². The quantitative estimate of drug-likeness (QED) is 0.229. The Balaban J connectivity index is 1.19. The lowest BCUT2D eigenvalue weighted by atomic mass is 10.0. The first-order chi connectivity index (χ1) is 22.4. The van der Waals surface area contributed by atoms with E-state index in [9.17, 15) is 9.59 Å². The van der Waals surface area contributed by atoms with Gasteiger partial charge >= 0.3 is 0 Å². The molecule has 1 N–H and O–H groups in total. The molecule has 1 fully saturated rings. The number of fused-ring (bicyclic) bond motifs is 1. The number of allylic oxidation sites excluding steroid dienone is 2. The topological polar surface area (TPSA) is 117 Å². The van der Waals surface area contributed by atoms with Crippen LogP contribution >= 0.6 is 11.8 Å². The van der Waals surface area contributed by atoms with Crippen molar-refractivity contribution in [2.75, 3.05) is 31.0 Å². The molecule has 0 radical (unpaired) electrons. The van der Waals surface area contributed by atoms with Gasteiger partial charge in [0.25, 0.3) is 5.91 Å². The molecule has 0 spiro atoms. The van der Waals surface area contributed by atoms with E-state index in [-0.39, 0.29) is 16.9 Å². The van der Waals surface area contributed by atoms with Gasteiger partial charge in [-0.1, -0.05) is 29.8 Å². The number of carbonyl (C=O) groups excluding carboxylic acids is 1. The number of anilines is 1. The zero-order chi connectivity index (χ0) is 32.0. The van der Waals surface area contributed by atoms with Crippen LogP contribution in [0.5, 0.6) is 17.2 Å². The third kappa shape index (κ3) is 7.15. The summed E-state index contributed by atoms with van der Waals surface area (Å²) in [4.78, 5) is 40.2. The first-order valence-corrected chi connectivity index (χ1v) is 16.2. The number of aryl methyl sites for hydroxylation is 1. The molecule has 236 valence electrons. The Morgan fingerprint density at radius 3 is 2.46 bits per heavy atom. The zero-order valence-electron chi connectivity index (χ0n) is 26.0. The molecule has 4 heterocycles. The number of rotatable bonds is 9. The van der Waals surface area contributed by atoms with Gasteiger partial charge in [-0.3, -0.25) is 19.9 Å². The molecule has 6 rings (SSSR count). The van der Waals surface area contributed by atoms with E-state index in [4.69, 9.17) is 14.2 Å². The number of thioether (sulfide) groups is 1. The van der Waals surface area contributed by atoms with E-state index < -0.39 is 5.91 Å². The van der Waals surface area contributed by atoms with Crippen molar-refractivity contribution >= 4 is 35.5 Å². The number of aliphatic imine (C=N–C) groups is 1. The Kier molecular flexibility index (Phi) is 9.49. The number of aromatic nitrogens is 3. The van der Waals surface area contributed by atoms with Crippen LogP contribution in [0.2, 0.25) is 0 Å². The van der Waals surface area contributed by atoms with E-state index in [1.54, 1.807) is 32.7 Å². The first kappa shape index (κ1) is 31.1. The van der Waals surface area contributed by atoms with Gasteiger partial charge in [0.2, 0.25) is 11.4 Å². The summed E-state index contributed by atoms with van der Waals surface area (Å²) in [6.45, 7) is 2.74. The molecular formula is C35H35N5O5S. The minimum Gasteiger partial charge on any atom is -0.493 e. The third-order valence-corrected chi connectivity index (χ3v) is 9.07. The van der Waals surface area contributed by atoms with Crippen LogP contribution in [0.25, 0.3) is 11.1 Å². The van der Waals surface area contributed by atoms with Crippen molar-refractivity contribution in [3.05, 3.63) is 99.9 Å². The molecule has 2 aliphatic rings. The summed E-state index contributed by atoms with van der Waals surface area (Å²) in [6, 6.07) is 11.5. The number of hydrogen-bond donors (Lipinski definition) is 1. The number of methoxy groups -OCH3 is 2. The molecule has 4 aromatic rings. The highest BCUT2D eigenvalue weighted by Crippen LogP contribution is 2.37. The second-order valence-electron chi connectivity index (χ2n) is 11.3. The average molecular weight is 638 g/mol. The highest BCUT2D eigenvalue weighted by Gasteiger charge is 2.20. The summed E-state index contributed by atoms with van der Waals surface area (Å²) in [6.07, 6.45) is 12.6. The Morgan fingerprint density at radius 1 is 1.02 bits per heavy atom. The highest BCUT2D eigenvalue weighted by molar-refractivity contribution is 7.99. The normalized spacial score (nSPS) is 14.5. The van der Waals surface area contributed by atoms with Gasteiger partial charge in [-0.25, -0.2) is 9.97 Å². The standard InChI is InChI=1S/C35H35N5O5S/c1-22-4-6-24(7-5-22)28-20-40(19-23-9-12-46-13-10-23)21-29(33(28)41)34(42)39-35-37-17-27(18-38-35)45-26-8-11-36-30-16-32(44-3)31(43-2)15-25(30)14-26/h4-8,11,15-18,20-21,23H,9-10,12-14,19H2,1-3H3,(H,37,38,39,42). The first-order valence-electron chi connectivity index (χ1n) is 15.1. The lowest BCUT2D eigenvalue weighted by Crippen LogP contribution is -2.26. The predicted octanol–water partition coefficient (Wildman–Crippen LogP) is 6.25. The SMILES string of the molecule is COc1cc2c(cc1OC)N=CC=C(Oc1cnc(NC(=O)c3cn(CC4CCSCC4)cc(-c4ccc(C)cc4)c3=O)nc1)C2. The van der Waals surface area contributed by atoms with Crippen molar-refractivity contribution in [2.45, 2.75) is 32.7 Å². The molecule has 1 saturated heterocycles. The van der Waals surface area contributed by atoms with Crippen molar-refractivity contribution < 1.29 is 19.0 Å². The van der Waals surface area contributed by atoms with Crippen LogP contribution < -0.4 is 25.0 Å². The smallest absolute Gasteiger partial charge is 0.263 e. The molecule has 1 amide bonds. The number of hydrogen-bond acceptors (Lipinski definition) is 9. The second-order valence-corrected chi connectivity index (χ2v) is 12.5. The lowest BCUT2D eigenvalue weighted by molar-refractivity contribution is 0.102. The summed E-state index contributed by atoms with van der Waals surface area (Å²) in [5.41, 5.74) is 3.72. The Hall–Kier alpha value is -4.90. The summed E-state index contributed by atoms with van der Waals surface area (Å²) in [5, 5.41) is 2.70. The maximum absolute atomic E-state index is 13.6. The van der Waals surface area contributed by atoms with Gasteiger partial charge in [0.15, 0.2) is 17.2 Å². The third-order valence-electron chi connectivity index (χ3n) is 8.02.